The molecule has 0 bridgehead atoms. The lowest BCUT2D eigenvalue weighted by Gasteiger charge is -2.17. The van der Waals surface area contributed by atoms with Crippen LogP contribution in [0.2, 0.25) is 0 Å². The Morgan fingerprint density at radius 3 is 2.53 bits per heavy atom. The fourth-order valence-corrected chi connectivity index (χ4v) is 1.86. The number of carboxylic acids is 1. The number of rotatable bonds is 4. The monoisotopic (exact) mass is 257 g/mol. The van der Waals surface area contributed by atoms with Crippen molar-refractivity contribution in [2.75, 3.05) is 5.32 Å². The zero-order valence-corrected chi connectivity index (χ0v) is 10.7. The predicted octanol–water partition coefficient (Wildman–Crippen LogP) is 1.68. The van der Waals surface area contributed by atoms with E-state index in [4.69, 9.17) is 5.11 Å². The van der Waals surface area contributed by atoms with Crippen LogP contribution in [0.5, 0.6) is 0 Å². The van der Waals surface area contributed by atoms with Crippen molar-refractivity contribution in [3.05, 3.63) is 11.1 Å². The SMILES string of the molecule is Cc1cnc(NC(=O)N[C@@H](C(=O)O)C(C)C)s1. The minimum atomic E-state index is -1.05. The van der Waals surface area contributed by atoms with Crippen LogP contribution in [0.25, 0.3) is 0 Å². The van der Waals surface area contributed by atoms with E-state index in [9.17, 15) is 9.59 Å². The Bertz CT molecular complexity index is 417. The summed E-state index contributed by atoms with van der Waals surface area (Å²) in [5.74, 6) is -1.23. The van der Waals surface area contributed by atoms with Crippen molar-refractivity contribution < 1.29 is 14.7 Å². The highest BCUT2D eigenvalue weighted by Gasteiger charge is 2.23. The van der Waals surface area contributed by atoms with E-state index < -0.39 is 18.0 Å². The van der Waals surface area contributed by atoms with E-state index in [1.165, 1.54) is 11.3 Å². The molecule has 1 aromatic heterocycles. The van der Waals surface area contributed by atoms with Crippen LogP contribution in [0.15, 0.2) is 6.20 Å². The maximum absolute atomic E-state index is 11.5. The van der Waals surface area contributed by atoms with Crippen LogP contribution in [0.4, 0.5) is 9.93 Å². The molecule has 1 atom stereocenters. The molecule has 0 aromatic carbocycles. The maximum atomic E-state index is 11.5. The molecule has 0 aliphatic carbocycles. The summed E-state index contributed by atoms with van der Waals surface area (Å²) in [6, 6.07) is -1.46. The zero-order valence-electron chi connectivity index (χ0n) is 9.85. The van der Waals surface area contributed by atoms with Crippen LogP contribution in [-0.4, -0.2) is 28.1 Å². The summed E-state index contributed by atoms with van der Waals surface area (Å²) in [5.41, 5.74) is 0. The number of aryl methyl sites for hydroxylation is 1. The lowest BCUT2D eigenvalue weighted by molar-refractivity contribution is -0.140. The molecule has 1 heterocycles. The zero-order chi connectivity index (χ0) is 13.0. The topological polar surface area (TPSA) is 91.3 Å². The molecule has 0 saturated carbocycles. The fraction of sp³-hybridized carbons (Fsp3) is 0.500. The van der Waals surface area contributed by atoms with E-state index in [2.05, 4.69) is 15.6 Å². The third kappa shape index (κ3) is 4.03. The van der Waals surface area contributed by atoms with Crippen molar-refractivity contribution in [1.82, 2.24) is 10.3 Å². The number of aromatic nitrogens is 1. The number of hydrogen-bond acceptors (Lipinski definition) is 4. The van der Waals surface area contributed by atoms with E-state index in [0.717, 1.165) is 4.88 Å². The first-order valence-electron chi connectivity index (χ1n) is 5.13. The molecule has 1 aromatic rings. The van der Waals surface area contributed by atoms with Gasteiger partial charge < -0.3 is 10.4 Å². The van der Waals surface area contributed by atoms with Crippen LogP contribution in [-0.2, 0) is 4.79 Å². The van der Waals surface area contributed by atoms with Crippen LogP contribution < -0.4 is 10.6 Å². The summed E-state index contributed by atoms with van der Waals surface area (Å²) >= 11 is 1.33. The molecule has 0 aliphatic heterocycles. The van der Waals surface area contributed by atoms with E-state index in [-0.39, 0.29) is 5.92 Å². The predicted molar refractivity (Wildman–Crippen MR) is 65.3 cm³/mol. The highest BCUT2D eigenvalue weighted by atomic mass is 32.1. The van der Waals surface area contributed by atoms with Gasteiger partial charge in [0.1, 0.15) is 6.04 Å². The van der Waals surface area contributed by atoms with Gasteiger partial charge in [0.05, 0.1) is 0 Å². The van der Waals surface area contributed by atoms with E-state index in [0.29, 0.717) is 5.13 Å². The fourth-order valence-electron chi connectivity index (χ4n) is 1.20. The number of nitrogens with one attached hydrogen (secondary N) is 2. The molecule has 0 saturated heterocycles. The number of nitrogens with zero attached hydrogens (tertiary/aromatic N) is 1. The lowest BCUT2D eigenvalue weighted by Crippen LogP contribution is -2.46. The van der Waals surface area contributed by atoms with E-state index in [1.807, 2.05) is 6.92 Å². The molecule has 94 valence electrons. The Hall–Kier alpha value is -1.63. The second-order valence-corrected chi connectivity index (χ2v) is 5.17. The van der Waals surface area contributed by atoms with Gasteiger partial charge in [-0.3, -0.25) is 5.32 Å². The number of amides is 2. The second-order valence-electron chi connectivity index (χ2n) is 3.93. The summed E-state index contributed by atoms with van der Waals surface area (Å²) in [5, 5.41) is 14.2. The Balaban J connectivity index is 2.56. The van der Waals surface area contributed by atoms with Gasteiger partial charge in [-0.05, 0) is 12.8 Å². The summed E-state index contributed by atoms with van der Waals surface area (Å²) in [4.78, 5) is 27.3. The molecule has 0 fully saturated rings. The molecule has 6 nitrogen and oxygen atoms in total. The number of urea groups is 1. The van der Waals surface area contributed by atoms with E-state index >= 15 is 0 Å². The minimum Gasteiger partial charge on any atom is -0.480 e. The van der Waals surface area contributed by atoms with Crippen LogP contribution in [0.1, 0.15) is 18.7 Å². The van der Waals surface area contributed by atoms with Gasteiger partial charge in [-0.25, -0.2) is 14.6 Å². The molecule has 7 heteroatoms. The van der Waals surface area contributed by atoms with Gasteiger partial charge in [0.15, 0.2) is 5.13 Å². The molecule has 17 heavy (non-hydrogen) atoms. The number of thiazole rings is 1. The van der Waals surface area contributed by atoms with Gasteiger partial charge >= 0.3 is 12.0 Å². The first-order chi connectivity index (χ1) is 7.90. The number of carboxylic acid groups (broad SMARTS) is 1. The van der Waals surface area contributed by atoms with Gasteiger partial charge in [-0.15, -0.1) is 11.3 Å². The molecule has 0 spiro atoms. The second kappa shape index (κ2) is 5.62. The maximum Gasteiger partial charge on any atom is 0.326 e. The average Bonchev–Trinajstić information content (AvgIpc) is 2.59. The first-order valence-corrected chi connectivity index (χ1v) is 5.94. The molecule has 0 radical (unpaired) electrons. The largest absolute Gasteiger partial charge is 0.480 e. The summed E-state index contributed by atoms with van der Waals surface area (Å²) < 4.78 is 0. The molecule has 0 aliphatic rings. The number of carbonyl (C=O) groups is 2. The molecular weight excluding hydrogens is 242 g/mol. The minimum absolute atomic E-state index is 0.184. The van der Waals surface area contributed by atoms with Gasteiger partial charge in [0.2, 0.25) is 0 Å². The molecule has 0 unspecified atom stereocenters. The average molecular weight is 257 g/mol. The molecule has 3 N–H and O–H groups in total. The van der Waals surface area contributed by atoms with Gasteiger partial charge in [0, 0.05) is 11.1 Å². The van der Waals surface area contributed by atoms with Crippen molar-refractivity contribution in [2.45, 2.75) is 26.8 Å². The number of hydrogen-bond donors (Lipinski definition) is 3. The van der Waals surface area contributed by atoms with Crippen LogP contribution in [0, 0.1) is 12.8 Å². The molecule has 2 amide bonds. The number of carbonyl (C=O) groups excluding carboxylic acids is 1. The summed E-state index contributed by atoms with van der Waals surface area (Å²) in [6.07, 6.45) is 1.64. The third-order valence-corrected chi connectivity index (χ3v) is 2.89. The Kier molecular flexibility index (Phi) is 4.45. The highest BCUT2D eigenvalue weighted by Crippen LogP contribution is 2.16. The summed E-state index contributed by atoms with van der Waals surface area (Å²) in [6.45, 7) is 5.33. The highest BCUT2D eigenvalue weighted by molar-refractivity contribution is 7.15. The van der Waals surface area contributed by atoms with Crippen molar-refractivity contribution in [3.8, 4) is 0 Å². The van der Waals surface area contributed by atoms with Gasteiger partial charge in [-0.1, -0.05) is 13.8 Å². The molecule has 1 rings (SSSR count). The van der Waals surface area contributed by atoms with Crippen LogP contribution in [0.3, 0.4) is 0 Å². The number of aliphatic carboxylic acids is 1. The third-order valence-electron chi connectivity index (χ3n) is 2.06. The Morgan fingerprint density at radius 1 is 1.47 bits per heavy atom. The van der Waals surface area contributed by atoms with Crippen molar-refractivity contribution in [3.63, 3.8) is 0 Å². The standard InChI is InChI=1S/C10H15N3O3S/c1-5(2)7(8(14)15)12-9(16)13-10-11-4-6(3)17-10/h4-5,7H,1-3H3,(H,14,15)(H2,11,12,13,16)/t7-/m1/s1. The smallest absolute Gasteiger partial charge is 0.326 e. The van der Waals surface area contributed by atoms with Gasteiger partial charge in [-0.2, -0.15) is 0 Å². The lowest BCUT2D eigenvalue weighted by atomic mass is 10.1. The Labute approximate surface area is 103 Å². The van der Waals surface area contributed by atoms with Crippen molar-refractivity contribution in [1.29, 1.82) is 0 Å². The quantitative estimate of drug-likeness (QED) is 0.765. The van der Waals surface area contributed by atoms with E-state index in [1.54, 1.807) is 20.0 Å². The van der Waals surface area contributed by atoms with Crippen molar-refractivity contribution >= 4 is 28.5 Å². The Morgan fingerprint density at radius 2 is 2.12 bits per heavy atom. The first kappa shape index (κ1) is 13.4. The number of anilines is 1. The van der Waals surface area contributed by atoms with Gasteiger partial charge in [0.25, 0.3) is 0 Å². The summed E-state index contributed by atoms with van der Waals surface area (Å²) in [7, 11) is 0. The van der Waals surface area contributed by atoms with Crippen LogP contribution >= 0.6 is 11.3 Å². The molecular formula is C10H15N3O3S. The van der Waals surface area contributed by atoms with Crippen molar-refractivity contribution in [2.24, 2.45) is 5.92 Å². The normalized spacial score (nSPS) is 12.2.